The molecule has 1 amide bonds. The van der Waals surface area contributed by atoms with Gasteiger partial charge >= 0.3 is 5.97 Å². The van der Waals surface area contributed by atoms with Crippen LogP contribution in [0.5, 0.6) is 11.6 Å². The van der Waals surface area contributed by atoms with Crippen LogP contribution in [0.3, 0.4) is 0 Å². The molecular formula is C13H9FN2O4. The van der Waals surface area contributed by atoms with Gasteiger partial charge in [0.25, 0.3) is 0 Å². The van der Waals surface area contributed by atoms with Gasteiger partial charge in [0.2, 0.25) is 11.8 Å². The number of carboxylic acids is 1. The highest BCUT2D eigenvalue weighted by molar-refractivity contribution is 5.92. The number of aromatic carboxylic acids is 1. The van der Waals surface area contributed by atoms with Gasteiger partial charge in [0, 0.05) is 18.3 Å². The van der Waals surface area contributed by atoms with Gasteiger partial charge in [-0.15, -0.1) is 0 Å². The molecule has 6 nitrogen and oxygen atoms in total. The van der Waals surface area contributed by atoms with Gasteiger partial charge in [-0.1, -0.05) is 0 Å². The number of benzene rings is 1. The number of amides is 1. The summed E-state index contributed by atoms with van der Waals surface area (Å²) in [6.07, 6.45) is 1.22. The van der Waals surface area contributed by atoms with Crippen molar-refractivity contribution in [3.05, 3.63) is 53.5 Å². The second kappa shape index (κ2) is 5.35. The topological polar surface area (TPSA) is 103 Å². The molecule has 0 atom stereocenters. The fraction of sp³-hybridized carbons (Fsp3) is 0. The molecule has 0 radical (unpaired) electrons. The molecule has 1 aromatic carbocycles. The van der Waals surface area contributed by atoms with E-state index < -0.39 is 23.3 Å². The molecule has 2 aromatic rings. The second-order valence-corrected chi connectivity index (χ2v) is 3.80. The number of hydrogen-bond acceptors (Lipinski definition) is 4. The predicted molar refractivity (Wildman–Crippen MR) is 66.2 cm³/mol. The number of carbonyl (C=O) groups is 2. The number of rotatable bonds is 4. The predicted octanol–water partition coefficient (Wildman–Crippen LogP) is 1.81. The molecule has 0 saturated carbocycles. The highest BCUT2D eigenvalue weighted by atomic mass is 19.1. The number of carbonyl (C=O) groups excluding carboxylic acids is 1. The zero-order valence-electron chi connectivity index (χ0n) is 10.0. The number of ether oxygens (including phenoxy) is 1. The van der Waals surface area contributed by atoms with E-state index in [0.717, 1.165) is 12.1 Å². The van der Waals surface area contributed by atoms with E-state index in [2.05, 4.69) is 4.98 Å². The fourth-order valence-corrected chi connectivity index (χ4v) is 1.44. The monoisotopic (exact) mass is 276 g/mol. The Morgan fingerprint density at radius 3 is 2.50 bits per heavy atom. The summed E-state index contributed by atoms with van der Waals surface area (Å²) in [7, 11) is 0. The molecule has 0 unspecified atom stereocenters. The summed E-state index contributed by atoms with van der Waals surface area (Å²) in [5, 5.41) is 8.69. The van der Waals surface area contributed by atoms with Crippen LogP contribution in [0.1, 0.15) is 20.7 Å². The van der Waals surface area contributed by atoms with E-state index >= 15 is 0 Å². The van der Waals surface area contributed by atoms with Crippen molar-refractivity contribution in [2.75, 3.05) is 0 Å². The lowest BCUT2D eigenvalue weighted by Crippen LogP contribution is -2.10. The molecule has 1 aromatic heterocycles. The summed E-state index contributed by atoms with van der Waals surface area (Å²) in [6.45, 7) is 0. The third-order valence-corrected chi connectivity index (χ3v) is 2.41. The molecule has 0 aliphatic rings. The fourth-order valence-electron chi connectivity index (χ4n) is 1.44. The quantitative estimate of drug-likeness (QED) is 0.886. The van der Waals surface area contributed by atoms with E-state index in [1.165, 1.54) is 24.4 Å². The largest absolute Gasteiger partial charge is 0.478 e. The number of nitrogens with two attached hydrogens (primary N) is 1. The van der Waals surface area contributed by atoms with E-state index in [1.807, 2.05) is 0 Å². The van der Waals surface area contributed by atoms with Crippen LogP contribution in [0, 0.1) is 5.82 Å². The highest BCUT2D eigenvalue weighted by Crippen LogP contribution is 2.22. The molecule has 3 N–H and O–H groups in total. The Balaban J connectivity index is 2.19. The normalized spacial score (nSPS) is 10.1. The molecule has 0 aliphatic carbocycles. The Labute approximate surface area is 112 Å². The van der Waals surface area contributed by atoms with Crippen LogP contribution in [0.2, 0.25) is 0 Å². The molecule has 102 valence electrons. The standard InChI is InChI=1S/C13H9FN2O4/c14-10-5-8(2-3-9(10)13(18)19)20-11-4-1-7(6-16-11)12(15)17/h1-6H,(H2,15,17)(H,18,19). The Hall–Kier alpha value is -2.96. The molecule has 0 spiro atoms. The molecule has 0 aliphatic heterocycles. The van der Waals surface area contributed by atoms with E-state index in [-0.39, 0.29) is 17.2 Å². The van der Waals surface area contributed by atoms with E-state index in [0.29, 0.717) is 0 Å². The number of carboxylic acid groups (broad SMARTS) is 1. The lowest BCUT2D eigenvalue weighted by Gasteiger charge is -2.06. The third-order valence-electron chi connectivity index (χ3n) is 2.41. The van der Waals surface area contributed by atoms with Crippen molar-refractivity contribution in [3.63, 3.8) is 0 Å². The number of halogens is 1. The van der Waals surface area contributed by atoms with Crippen molar-refractivity contribution in [1.29, 1.82) is 0 Å². The smallest absolute Gasteiger partial charge is 0.338 e. The molecular weight excluding hydrogens is 267 g/mol. The van der Waals surface area contributed by atoms with Crippen molar-refractivity contribution < 1.29 is 23.8 Å². The molecule has 0 saturated heterocycles. The number of hydrogen-bond donors (Lipinski definition) is 2. The van der Waals surface area contributed by atoms with Gasteiger partial charge in [-0.25, -0.2) is 14.2 Å². The van der Waals surface area contributed by atoms with Crippen LogP contribution in [-0.2, 0) is 0 Å². The second-order valence-electron chi connectivity index (χ2n) is 3.80. The summed E-state index contributed by atoms with van der Waals surface area (Å²) in [5.41, 5.74) is 4.82. The third kappa shape index (κ3) is 2.89. The van der Waals surface area contributed by atoms with Gasteiger partial charge in [-0.05, 0) is 18.2 Å². The molecule has 7 heteroatoms. The SMILES string of the molecule is NC(=O)c1ccc(Oc2ccc(C(=O)O)c(F)c2)nc1. The molecule has 20 heavy (non-hydrogen) atoms. The first-order valence-electron chi connectivity index (χ1n) is 5.44. The van der Waals surface area contributed by atoms with Crippen LogP contribution in [-0.4, -0.2) is 22.0 Å². The number of pyridine rings is 1. The van der Waals surface area contributed by atoms with Crippen LogP contribution in [0.4, 0.5) is 4.39 Å². The Morgan fingerprint density at radius 1 is 1.25 bits per heavy atom. The average Bonchev–Trinajstić information content (AvgIpc) is 2.39. The molecule has 1 heterocycles. The summed E-state index contributed by atoms with van der Waals surface area (Å²) in [6, 6.07) is 6.13. The van der Waals surface area contributed by atoms with Crippen molar-refractivity contribution in [1.82, 2.24) is 4.98 Å². The minimum Gasteiger partial charge on any atom is -0.478 e. The maximum absolute atomic E-state index is 13.4. The van der Waals surface area contributed by atoms with Gasteiger partial charge in [0.05, 0.1) is 11.1 Å². The first kappa shape index (κ1) is 13.5. The average molecular weight is 276 g/mol. The van der Waals surface area contributed by atoms with E-state index in [9.17, 15) is 14.0 Å². The highest BCUT2D eigenvalue weighted by Gasteiger charge is 2.11. The lowest BCUT2D eigenvalue weighted by molar-refractivity contribution is 0.0691. The van der Waals surface area contributed by atoms with Gasteiger partial charge in [0.15, 0.2) is 0 Å². The first-order valence-corrected chi connectivity index (χ1v) is 5.44. The van der Waals surface area contributed by atoms with Gasteiger partial charge in [-0.3, -0.25) is 4.79 Å². The molecule has 0 bridgehead atoms. The Kier molecular flexibility index (Phi) is 3.60. The number of nitrogens with zero attached hydrogens (tertiary/aromatic N) is 1. The van der Waals surface area contributed by atoms with Gasteiger partial charge < -0.3 is 15.6 Å². The Morgan fingerprint density at radius 2 is 2.00 bits per heavy atom. The van der Waals surface area contributed by atoms with Gasteiger partial charge in [0.1, 0.15) is 11.6 Å². The van der Waals surface area contributed by atoms with E-state index in [4.69, 9.17) is 15.6 Å². The van der Waals surface area contributed by atoms with Crippen LogP contribution in [0.15, 0.2) is 36.5 Å². The Bertz CT molecular complexity index is 671. The van der Waals surface area contributed by atoms with Crippen molar-refractivity contribution in [2.24, 2.45) is 5.73 Å². The summed E-state index contributed by atoms with van der Waals surface area (Å²) >= 11 is 0. The van der Waals surface area contributed by atoms with Gasteiger partial charge in [-0.2, -0.15) is 0 Å². The van der Waals surface area contributed by atoms with Crippen LogP contribution < -0.4 is 10.5 Å². The summed E-state index contributed by atoms with van der Waals surface area (Å²) in [4.78, 5) is 25.3. The zero-order valence-corrected chi connectivity index (χ0v) is 10.0. The van der Waals surface area contributed by atoms with Crippen LogP contribution >= 0.6 is 0 Å². The van der Waals surface area contributed by atoms with Crippen molar-refractivity contribution in [3.8, 4) is 11.6 Å². The molecule has 2 rings (SSSR count). The summed E-state index contributed by atoms with van der Waals surface area (Å²) < 4.78 is 18.7. The number of aromatic nitrogens is 1. The minimum absolute atomic E-state index is 0.0897. The zero-order chi connectivity index (χ0) is 14.7. The van der Waals surface area contributed by atoms with E-state index in [1.54, 1.807) is 0 Å². The van der Waals surface area contributed by atoms with Crippen molar-refractivity contribution in [2.45, 2.75) is 0 Å². The maximum atomic E-state index is 13.4. The van der Waals surface area contributed by atoms with Crippen molar-refractivity contribution >= 4 is 11.9 Å². The maximum Gasteiger partial charge on any atom is 0.338 e. The first-order chi connectivity index (χ1) is 9.47. The summed E-state index contributed by atoms with van der Waals surface area (Å²) in [5.74, 6) is -2.69. The lowest BCUT2D eigenvalue weighted by atomic mass is 10.2. The minimum atomic E-state index is -1.36. The van der Waals surface area contributed by atoms with Crippen LogP contribution in [0.25, 0.3) is 0 Å². The molecule has 0 fully saturated rings. The number of primary amides is 1.